The number of halogens is 9. The van der Waals surface area contributed by atoms with E-state index >= 15 is 0 Å². The van der Waals surface area contributed by atoms with Crippen molar-refractivity contribution in [3.05, 3.63) is 86.7 Å². The van der Waals surface area contributed by atoms with E-state index in [1.54, 1.807) is 0 Å². The molecule has 0 saturated heterocycles. The second-order valence-corrected chi connectivity index (χ2v) is 10.9. The van der Waals surface area contributed by atoms with Gasteiger partial charge in [0.25, 0.3) is 5.91 Å². The lowest BCUT2D eigenvalue weighted by atomic mass is 10.1. The highest BCUT2D eigenvalue weighted by Gasteiger charge is 2.67. The number of carbonyl (C=O) groups is 3. The molecular weight excluding hydrogens is 627 g/mol. The molecule has 0 spiro atoms. The summed E-state index contributed by atoms with van der Waals surface area (Å²) >= 11 is 24.1. The highest BCUT2D eigenvalue weighted by Crippen LogP contribution is 2.65. The number of hydrogen-bond donors (Lipinski definition) is 3. The molecule has 1 aliphatic rings. The number of carbonyl (C=O) groups excluding carboxylic acids is 3. The molecule has 1 aliphatic carbocycles. The van der Waals surface area contributed by atoms with Crippen molar-refractivity contribution >= 4 is 81.2 Å². The fourth-order valence-electron chi connectivity index (χ4n) is 4.00. The second kappa shape index (κ2) is 11.0. The summed E-state index contributed by atoms with van der Waals surface area (Å²) in [5.74, 6) is -11.8. The Labute approximate surface area is 242 Å². The van der Waals surface area contributed by atoms with Crippen molar-refractivity contribution in [3.63, 3.8) is 0 Å². The molecule has 210 valence electrons. The standard InChI is InChI=1S/C25H14Cl4F5N3O3/c1-8(38)35-22-13(30)2-3-16(21(22)34)37-23(39)11-6-10(7-15(32)20(11)33)36-24(40)18-17(25(18,28)29)9-4-12(26)19(27)14(31)5-9/h2-7,17-18H,1H3,(H,35,38)(H,36,40)(H,37,39)/t17-,18+/m0/s1. The Morgan fingerprint density at radius 3 is 2.12 bits per heavy atom. The van der Waals surface area contributed by atoms with E-state index in [1.807, 2.05) is 10.6 Å². The van der Waals surface area contributed by atoms with Gasteiger partial charge in [0, 0.05) is 24.6 Å². The molecular formula is C25H14Cl4F5N3O3. The Hall–Kier alpha value is -3.12. The highest BCUT2D eigenvalue weighted by atomic mass is 35.5. The lowest BCUT2D eigenvalue weighted by molar-refractivity contribution is -0.117. The Kier molecular flexibility index (Phi) is 8.24. The molecule has 0 aromatic heterocycles. The predicted molar refractivity (Wildman–Crippen MR) is 141 cm³/mol. The van der Waals surface area contributed by atoms with Gasteiger partial charge in [0.15, 0.2) is 17.5 Å². The van der Waals surface area contributed by atoms with Gasteiger partial charge >= 0.3 is 0 Å². The molecule has 0 unspecified atom stereocenters. The van der Waals surface area contributed by atoms with E-state index in [-0.39, 0.29) is 15.6 Å². The first-order chi connectivity index (χ1) is 18.6. The van der Waals surface area contributed by atoms with E-state index in [0.29, 0.717) is 6.07 Å². The summed E-state index contributed by atoms with van der Waals surface area (Å²) in [5.41, 5.74) is -2.73. The maximum atomic E-state index is 14.7. The molecule has 0 radical (unpaired) electrons. The number of rotatable bonds is 6. The smallest absolute Gasteiger partial charge is 0.258 e. The molecule has 3 aromatic carbocycles. The molecule has 1 fully saturated rings. The summed E-state index contributed by atoms with van der Waals surface area (Å²) in [4.78, 5) is 36.8. The number of benzene rings is 3. The van der Waals surface area contributed by atoms with Crippen LogP contribution in [0.2, 0.25) is 10.0 Å². The molecule has 2 atom stereocenters. The second-order valence-electron chi connectivity index (χ2n) is 8.66. The molecule has 15 heteroatoms. The Balaban J connectivity index is 1.57. The predicted octanol–water partition coefficient (Wildman–Crippen LogP) is 7.43. The van der Waals surface area contributed by atoms with Gasteiger partial charge in [0.2, 0.25) is 11.8 Å². The first kappa shape index (κ1) is 29.9. The SMILES string of the molecule is CC(=O)Nc1c(F)ccc(NC(=O)c2cc(NC(=O)[C@H]3[C@H](c4cc(F)c(Cl)c(Cl)c4)C3(Cl)Cl)cc(F)c2F)c1F. The third kappa shape index (κ3) is 5.69. The summed E-state index contributed by atoms with van der Waals surface area (Å²) in [6.07, 6.45) is 0. The van der Waals surface area contributed by atoms with Crippen LogP contribution in [-0.4, -0.2) is 22.1 Å². The number of alkyl halides is 2. The van der Waals surface area contributed by atoms with Gasteiger partial charge in [-0.15, -0.1) is 23.2 Å². The highest BCUT2D eigenvalue weighted by molar-refractivity contribution is 6.53. The molecule has 3 aromatic rings. The third-order valence-corrected chi connectivity index (χ3v) is 7.60. The minimum absolute atomic E-state index is 0.148. The van der Waals surface area contributed by atoms with Crippen molar-refractivity contribution in [1.29, 1.82) is 0 Å². The van der Waals surface area contributed by atoms with E-state index in [2.05, 4.69) is 5.32 Å². The molecule has 4 rings (SSSR count). The summed E-state index contributed by atoms with van der Waals surface area (Å²) < 4.78 is 69.8. The number of hydrogen-bond acceptors (Lipinski definition) is 3. The van der Waals surface area contributed by atoms with E-state index < -0.39 is 85.6 Å². The molecule has 0 heterocycles. The van der Waals surface area contributed by atoms with Crippen LogP contribution in [0.5, 0.6) is 0 Å². The number of anilines is 3. The summed E-state index contributed by atoms with van der Waals surface area (Å²) in [7, 11) is 0. The van der Waals surface area contributed by atoms with Crippen molar-refractivity contribution in [2.24, 2.45) is 5.92 Å². The normalized spacial score (nSPS) is 17.2. The zero-order valence-electron chi connectivity index (χ0n) is 19.7. The van der Waals surface area contributed by atoms with Crippen molar-refractivity contribution in [1.82, 2.24) is 0 Å². The average molecular weight is 641 g/mol. The summed E-state index contributed by atoms with van der Waals surface area (Å²) in [6.45, 7) is 0.993. The van der Waals surface area contributed by atoms with Crippen LogP contribution in [0.4, 0.5) is 39.0 Å². The van der Waals surface area contributed by atoms with Gasteiger partial charge in [-0.3, -0.25) is 14.4 Å². The summed E-state index contributed by atoms with van der Waals surface area (Å²) in [5, 5.41) is 5.63. The van der Waals surface area contributed by atoms with Crippen LogP contribution in [0, 0.1) is 35.0 Å². The quantitative estimate of drug-likeness (QED) is 0.149. The Morgan fingerprint density at radius 1 is 0.825 bits per heavy atom. The van der Waals surface area contributed by atoms with E-state index in [0.717, 1.165) is 31.2 Å². The van der Waals surface area contributed by atoms with Crippen LogP contribution in [0.15, 0.2) is 36.4 Å². The fourth-order valence-corrected chi connectivity index (χ4v) is 5.15. The molecule has 3 N–H and O–H groups in total. The first-order valence-electron chi connectivity index (χ1n) is 11.0. The van der Waals surface area contributed by atoms with Gasteiger partial charge in [-0.25, -0.2) is 22.0 Å². The van der Waals surface area contributed by atoms with Gasteiger partial charge in [-0.1, -0.05) is 23.2 Å². The van der Waals surface area contributed by atoms with Crippen LogP contribution in [0.25, 0.3) is 0 Å². The summed E-state index contributed by atoms with van der Waals surface area (Å²) in [6, 6.07) is 5.12. The van der Waals surface area contributed by atoms with Gasteiger partial charge in [-0.2, -0.15) is 0 Å². The molecule has 1 saturated carbocycles. The van der Waals surface area contributed by atoms with E-state index in [9.17, 15) is 36.3 Å². The molecule has 0 bridgehead atoms. The lowest BCUT2D eigenvalue weighted by Gasteiger charge is -2.13. The van der Waals surface area contributed by atoms with Crippen LogP contribution in [-0.2, 0) is 9.59 Å². The van der Waals surface area contributed by atoms with Gasteiger partial charge in [0.05, 0.1) is 27.2 Å². The van der Waals surface area contributed by atoms with Crippen molar-refractivity contribution in [2.45, 2.75) is 17.2 Å². The van der Waals surface area contributed by atoms with Crippen molar-refractivity contribution in [3.8, 4) is 0 Å². The monoisotopic (exact) mass is 639 g/mol. The van der Waals surface area contributed by atoms with Crippen LogP contribution in [0.3, 0.4) is 0 Å². The maximum Gasteiger partial charge on any atom is 0.258 e. The van der Waals surface area contributed by atoms with Crippen LogP contribution < -0.4 is 16.0 Å². The van der Waals surface area contributed by atoms with Gasteiger partial charge in [0.1, 0.15) is 21.7 Å². The molecule has 6 nitrogen and oxygen atoms in total. The van der Waals surface area contributed by atoms with E-state index in [4.69, 9.17) is 46.4 Å². The van der Waals surface area contributed by atoms with E-state index in [1.165, 1.54) is 6.07 Å². The number of amides is 3. The minimum atomic E-state index is -1.72. The largest absolute Gasteiger partial charge is 0.326 e. The first-order valence-corrected chi connectivity index (χ1v) is 12.5. The van der Waals surface area contributed by atoms with Gasteiger partial charge < -0.3 is 16.0 Å². The van der Waals surface area contributed by atoms with Crippen molar-refractivity contribution < 1.29 is 36.3 Å². The minimum Gasteiger partial charge on any atom is -0.326 e. The maximum absolute atomic E-state index is 14.7. The molecule has 40 heavy (non-hydrogen) atoms. The third-order valence-electron chi connectivity index (χ3n) is 5.88. The fraction of sp³-hybridized carbons (Fsp3) is 0.160. The molecule has 3 amide bonds. The van der Waals surface area contributed by atoms with Crippen molar-refractivity contribution in [2.75, 3.05) is 16.0 Å². The van der Waals surface area contributed by atoms with Gasteiger partial charge in [-0.05, 0) is 35.9 Å². The Morgan fingerprint density at radius 2 is 1.50 bits per heavy atom. The van der Waals surface area contributed by atoms with Crippen LogP contribution in [0.1, 0.15) is 28.8 Å². The number of nitrogens with one attached hydrogen (secondary N) is 3. The van der Waals surface area contributed by atoms with Crippen LogP contribution >= 0.6 is 46.4 Å². The lowest BCUT2D eigenvalue weighted by Crippen LogP contribution is -2.20. The zero-order valence-corrected chi connectivity index (χ0v) is 22.8. The Bertz CT molecular complexity index is 1560. The molecule has 0 aliphatic heterocycles. The average Bonchev–Trinajstić information content (AvgIpc) is 3.45. The topological polar surface area (TPSA) is 87.3 Å². The zero-order chi connectivity index (χ0) is 29.7.